The van der Waals surface area contributed by atoms with Crippen LogP contribution in [0.4, 0.5) is 10.5 Å². The van der Waals surface area contributed by atoms with Crippen molar-refractivity contribution in [1.29, 1.82) is 0 Å². The van der Waals surface area contributed by atoms with Crippen LogP contribution >= 0.6 is 27.5 Å². The highest BCUT2D eigenvalue weighted by Gasteiger charge is 2.23. The molecule has 1 heterocycles. The maximum atomic E-state index is 11.9. The molecule has 0 bridgehead atoms. The Bertz CT molecular complexity index is 487. The van der Waals surface area contributed by atoms with Crippen LogP contribution in [0, 0.1) is 0 Å². The van der Waals surface area contributed by atoms with Gasteiger partial charge in [0, 0.05) is 42.7 Å². The Morgan fingerprint density at radius 2 is 2.05 bits per heavy atom. The van der Waals surface area contributed by atoms with Gasteiger partial charge in [-0.2, -0.15) is 0 Å². The molecule has 1 fully saturated rings. The molecule has 4 nitrogen and oxygen atoms in total. The maximum absolute atomic E-state index is 11.9. The number of halogens is 2. The normalized spacial score (nSPS) is 16.1. The van der Waals surface area contributed by atoms with Gasteiger partial charge in [-0.1, -0.05) is 11.6 Å². The van der Waals surface area contributed by atoms with Crippen molar-refractivity contribution in [3.8, 4) is 0 Å². The van der Waals surface area contributed by atoms with E-state index in [9.17, 15) is 4.79 Å². The molecule has 1 aromatic rings. The molecule has 110 valence electrons. The maximum Gasteiger partial charge on any atom is 0.319 e. The number of carbonyl (C=O) groups excluding carboxylic acids is 1. The van der Waals surface area contributed by atoms with Crippen LogP contribution in [0.3, 0.4) is 0 Å². The van der Waals surface area contributed by atoms with Crippen LogP contribution < -0.4 is 5.32 Å². The zero-order chi connectivity index (χ0) is 14.7. The molecule has 0 saturated carbocycles. The number of benzene rings is 1. The van der Waals surface area contributed by atoms with Crippen molar-refractivity contribution < 1.29 is 4.79 Å². The van der Waals surface area contributed by atoms with Crippen molar-refractivity contribution in [3.63, 3.8) is 0 Å². The fourth-order valence-corrected chi connectivity index (χ4v) is 2.86. The highest BCUT2D eigenvalue weighted by molar-refractivity contribution is 9.10. The van der Waals surface area contributed by atoms with Gasteiger partial charge in [0.05, 0.1) is 5.69 Å². The Kier molecular flexibility index (Phi) is 5.16. The van der Waals surface area contributed by atoms with Crippen molar-refractivity contribution >= 4 is 39.2 Å². The first kappa shape index (κ1) is 15.4. The van der Waals surface area contributed by atoms with Crippen LogP contribution in [-0.2, 0) is 0 Å². The number of urea groups is 1. The minimum Gasteiger partial charge on any atom is -0.381 e. The molecule has 6 heteroatoms. The summed E-state index contributed by atoms with van der Waals surface area (Å²) in [5.41, 5.74) is 1.01. The summed E-state index contributed by atoms with van der Waals surface area (Å²) in [7, 11) is 3.57. The van der Waals surface area contributed by atoms with Gasteiger partial charge >= 0.3 is 6.03 Å². The van der Waals surface area contributed by atoms with Gasteiger partial charge in [-0.15, -0.1) is 0 Å². The van der Waals surface area contributed by atoms with E-state index in [4.69, 9.17) is 11.6 Å². The Balaban J connectivity index is 1.91. The van der Waals surface area contributed by atoms with Crippen molar-refractivity contribution in [1.82, 2.24) is 9.80 Å². The number of piperidine rings is 1. The topological polar surface area (TPSA) is 35.6 Å². The van der Waals surface area contributed by atoms with Crippen molar-refractivity contribution in [2.45, 2.75) is 18.9 Å². The molecule has 0 unspecified atom stereocenters. The molecule has 2 rings (SSSR count). The summed E-state index contributed by atoms with van der Waals surface area (Å²) >= 11 is 9.53. The highest BCUT2D eigenvalue weighted by atomic mass is 79.9. The van der Waals surface area contributed by atoms with E-state index in [2.05, 4.69) is 21.2 Å². The third-order valence-corrected chi connectivity index (χ3v) is 4.36. The number of amides is 2. The zero-order valence-electron chi connectivity index (χ0n) is 11.7. The molecule has 20 heavy (non-hydrogen) atoms. The molecule has 0 radical (unpaired) electrons. The largest absolute Gasteiger partial charge is 0.381 e. The molecular weight excluding hydrogens is 342 g/mol. The minimum absolute atomic E-state index is 0.0902. The average Bonchev–Trinajstić information content (AvgIpc) is 2.43. The Hall–Kier alpha value is -0.940. The third kappa shape index (κ3) is 3.79. The second-order valence-electron chi connectivity index (χ2n) is 5.21. The number of carbonyl (C=O) groups is 1. The summed E-state index contributed by atoms with van der Waals surface area (Å²) < 4.78 is 1.01. The number of rotatable bonds is 2. The molecule has 0 aliphatic carbocycles. The summed E-state index contributed by atoms with van der Waals surface area (Å²) in [5.74, 6) is 0. The second kappa shape index (κ2) is 6.68. The monoisotopic (exact) mass is 359 g/mol. The molecule has 1 aromatic carbocycles. The van der Waals surface area contributed by atoms with Crippen LogP contribution in [0.1, 0.15) is 12.8 Å². The van der Waals surface area contributed by atoms with Crippen LogP contribution in [0.5, 0.6) is 0 Å². The van der Waals surface area contributed by atoms with Crippen LogP contribution in [0.15, 0.2) is 22.7 Å². The van der Waals surface area contributed by atoms with Gasteiger partial charge in [-0.25, -0.2) is 4.79 Å². The molecule has 1 N–H and O–H groups in total. The molecule has 0 spiro atoms. The van der Waals surface area contributed by atoms with E-state index in [1.807, 2.05) is 23.1 Å². The zero-order valence-corrected chi connectivity index (χ0v) is 14.0. The summed E-state index contributed by atoms with van der Waals surface area (Å²) in [6.45, 7) is 1.57. The first-order chi connectivity index (χ1) is 9.47. The molecule has 0 aromatic heterocycles. The average molecular weight is 361 g/mol. The van der Waals surface area contributed by atoms with Gasteiger partial charge in [-0.3, -0.25) is 0 Å². The fraction of sp³-hybridized carbons (Fsp3) is 0.500. The van der Waals surface area contributed by atoms with Crippen LogP contribution in [0.2, 0.25) is 5.02 Å². The molecule has 2 amide bonds. The summed E-state index contributed by atoms with van der Waals surface area (Å²) in [5, 5.41) is 4.21. The number of nitrogens with zero attached hydrogens (tertiary/aromatic N) is 2. The third-order valence-electron chi connectivity index (χ3n) is 3.44. The number of anilines is 1. The number of hydrogen-bond donors (Lipinski definition) is 1. The second-order valence-corrected chi connectivity index (χ2v) is 6.50. The van der Waals surface area contributed by atoms with E-state index in [-0.39, 0.29) is 6.03 Å². The lowest BCUT2D eigenvalue weighted by molar-refractivity contribution is 0.158. The van der Waals surface area contributed by atoms with E-state index in [0.717, 1.165) is 41.1 Å². The number of nitrogens with one attached hydrogen (secondary N) is 1. The molecule has 1 aliphatic heterocycles. The quantitative estimate of drug-likeness (QED) is 0.873. The molecular formula is C14H19BrClN3O. The smallest absolute Gasteiger partial charge is 0.319 e. The van der Waals surface area contributed by atoms with E-state index < -0.39 is 0 Å². The van der Waals surface area contributed by atoms with Crippen molar-refractivity contribution in [2.24, 2.45) is 0 Å². The summed E-state index contributed by atoms with van der Waals surface area (Å²) in [6, 6.07) is 6.18. The predicted molar refractivity (Wildman–Crippen MR) is 86.5 cm³/mol. The Morgan fingerprint density at radius 3 is 2.65 bits per heavy atom. The van der Waals surface area contributed by atoms with Crippen molar-refractivity contribution in [3.05, 3.63) is 27.7 Å². The molecule has 1 saturated heterocycles. The van der Waals surface area contributed by atoms with Gasteiger partial charge in [0.15, 0.2) is 0 Å². The van der Waals surface area contributed by atoms with Gasteiger partial charge < -0.3 is 15.1 Å². The Morgan fingerprint density at radius 1 is 1.40 bits per heavy atom. The lowest BCUT2D eigenvalue weighted by Crippen LogP contribution is -2.46. The summed E-state index contributed by atoms with van der Waals surface area (Å²) in [6.07, 6.45) is 1.89. The van der Waals surface area contributed by atoms with Crippen LogP contribution in [0.25, 0.3) is 0 Å². The number of likely N-dealkylation sites (tertiary alicyclic amines) is 1. The minimum atomic E-state index is 0.0902. The van der Waals surface area contributed by atoms with Gasteiger partial charge in [0.1, 0.15) is 0 Å². The van der Waals surface area contributed by atoms with E-state index in [0.29, 0.717) is 6.04 Å². The lowest BCUT2D eigenvalue weighted by Gasteiger charge is -2.34. The van der Waals surface area contributed by atoms with Crippen molar-refractivity contribution in [2.75, 3.05) is 32.5 Å². The molecule has 0 atom stereocenters. The first-order valence-electron chi connectivity index (χ1n) is 6.65. The fourth-order valence-electron chi connectivity index (χ4n) is 2.33. The Labute approximate surface area is 133 Å². The standard InChI is InChI=1S/C14H19BrClN3O/c1-18(2)14(20)19-7-5-11(6-8-19)17-13-9-10(16)3-4-12(13)15/h3-4,9,11,17H,5-8H2,1-2H3. The van der Waals surface area contributed by atoms with E-state index in [1.54, 1.807) is 19.0 Å². The molecule has 1 aliphatic rings. The van der Waals surface area contributed by atoms with E-state index >= 15 is 0 Å². The number of hydrogen-bond acceptors (Lipinski definition) is 2. The van der Waals surface area contributed by atoms with Crippen LogP contribution in [-0.4, -0.2) is 49.1 Å². The predicted octanol–water partition coefficient (Wildman–Crippen LogP) is 3.66. The summed E-state index contributed by atoms with van der Waals surface area (Å²) in [4.78, 5) is 15.4. The van der Waals surface area contributed by atoms with E-state index in [1.165, 1.54) is 0 Å². The van der Waals surface area contributed by atoms with Gasteiger partial charge in [0.25, 0.3) is 0 Å². The SMILES string of the molecule is CN(C)C(=O)N1CCC(Nc2cc(Cl)ccc2Br)CC1. The van der Waals surface area contributed by atoms with Gasteiger partial charge in [0.2, 0.25) is 0 Å². The first-order valence-corrected chi connectivity index (χ1v) is 7.82. The highest BCUT2D eigenvalue weighted by Crippen LogP contribution is 2.28. The van der Waals surface area contributed by atoms with Gasteiger partial charge in [-0.05, 0) is 47.0 Å². The lowest BCUT2D eigenvalue weighted by atomic mass is 10.0.